The fourth-order valence-corrected chi connectivity index (χ4v) is 2.90. The van der Waals surface area contributed by atoms with E-state index in [0.717, 1.165) is 24.2 Å². The Kier molecular flexibility index (Phi) is 4.01. The number of fused-ring (bicyclic) bond motifs is 1. The lowest BCUT2D eigenvalue weighted by Gasteiger charge is -2.12. The first-order chi connectivity index (χ1) is 11.1. The molecule has 1 atom stereocenters. The van der Waals surface area contributed by atoms with Crippen LogP contribution in [0.4, 0.5) is 0 Å². The summed E-state index contributed by atoms with van der Waals surface area (Å²) in [5, 5.41) is 15.6. The van der Waals surface area contributed by atoms with Crippen LogP contribution in [0.2, 0.25) is 0 Å². The molecular weight excluding hydrogens is 298 g/mol. The Bertz CT molecular complexity index is 754. The zero-order valence-electron chi connectivity index (χ0n) is 12.7. The molecule has 2 aromatic rings. The van der Waals surface area contributed by atoms with Crippen LogP contribution in [0.25, 0.3) is 0 Å². The summed E-state index contributed by atoms with van der Waals surface area (Å²) in [5.41, 5.74) is 2.24. The number of nitrogens with one attached hydrogen (secondary N) is 1. The predicted octanol–water partition coefficient (Wildman–Crippen LogP) is 0.873. The normalized spacial score (nSPS) is 16.0. The minimum absolute atomic E-state index is 0.00272. The van der Waals surface area contributed by atoms with Crippen LogP contribution in [0.15, 0.2) is 30.5 Å². The summed E-state index contributed by atoms with van der Waals surface area (Å²) in [6.07, 6.45) is 2.97. The third-order valence-electron chi connectivity index (χ3n) is 3.90. The monoisotopic (exact) mass is 315 g/mol. The van der Waals surface area contributed by atoms with E-state index in [1.165, 1.54) is 22.5 Å². The molecular formula is C16H17N3O4. The second kappa shape index (κ2) is 6.12. The Balaban J connectivity index is 1.60. The smallest absolute Gasteiger partial charge is 0.356 e. The van der Waals surface area contributed by atoms with Crippen molar-refractivity contribution in [3.05, 3.63) is 47.3 Å². The molecule has 0 radical (unpaired) electrons. The second-order valence-corrected chi connectivity index (χ2v) is 5.47. The Hall–Kier alpha value is -2.83. The first-order valence-electron chi connectivity index (χ1n) is 7.27. The first kappa shape index (κ1) is 15.1. The van der Waals surface area contributed by atoms with Crippen LogP contribution >= 0.6 is 0 Å². The van der Waals surface area contributed by atoms with E-state index in [9.17, 15) is 9.59 Å². The highest BCUT2D eigenvalue weighted by atomic mass is 16.5. The Morgan fingerprint density at radius 1 is 1.39 bits per heavy atom. The molecule has 1 heterocycles. The van der Waals surface area contributed by atoms with Gasteiger partial charge in [0.15, 0.2) is 5.69 Å². The summed E-state index contributed by atoms with van der Waals surface area (Å²) < 4.78 is 6.67. The number of rotatable bonds is 5. The molecule has 1 aliphatic carbocycles. The van der Waals surface area contributed by atoms with Crippen LogP contribution < -0.4 is 10.1 Å². The van der Waals surface area contributed by atoms with E-state index in [0.29, 0.717) is 0 Å². The van der Waals surface area contributed by atoms with E-state index in [4.69, 9.17) is 9.84 Å². The highest BCUT2D eigenvalue weighted by Crippen LogP contribution is 2.30. The molecule has 1 unspecified atom stereocenters. The van der Waals surface area contributed by atoms with Gasteiger partial charge in [-0.15, -0.1) is 0 Å². The predicted molar refractivity (Wildman–Crippen MR) is 81.5 cm³/mol. The van der Waals surface area contributed by atoms with Gasteiger partial charge in [-0.2, -0.15) is 5.10 Å². The molecule has 120 valence electrons. The van der Waals surface area contributed by atoms with Crippen molar-refractivity contribution in [1.29, 1.82) is 0 Å². The summed E-state index contributed by atoms with van der Waals surface area (Å²) in [6, 6.07) is 7.28. The molecule has 0 aliphatic heterocycles. The van der Waals surface area contributed by atoms with Gasteiger partial charge in [0, 0.05) is 12.2 Å². The number of carbonyl (C=O) groups is 2. The van der Waals surface area contributed by atoms with Gasteiger partial charge in [0.1, 0.15) is 12.3 Å². The van der Waals surface area contributed by atoms with Crippen LogP contribution in [0, 0.1) is 0 Å². The highest BCUT2D eigenvalue weighted by molar-refractivity contribution is 5.85. The average molecular weight is 315 g/mol. The fourth-order valence-electron chi connectivity index (χ4n) is 2.90. The van der Waals surface area contributed by atoms with Crippen molar-refractivity contribution in [3.8, 4) is 5.75 Å². The van der Waals surface area contributed by atoms with Crippen LogP contribution in [0.5, 0.6) is 5.75 Å². The largest absolute Gasteiger partial charge is 0.496 e. The lowest BCUT2D eigenvalue weighted by molar-refractivity contribution is -0.122. The number of hydrogen-bond donors (Lipinski definition) is 2. The molecule has 1 amide bonds. The maximum Gasteiger partial charge on any atom is 0.356 e. The van der Waals surface area contributed by atoms with Crippen molar-refractivity contribution >= 4 is 11.9 Å². The summed E-state index contributed by atoms with van der Waals surface area (Å²) in [7, 11) is 1.64. The maximum atomic E-state index is 12.1. The molecule has 3 rings (SSSR count). The Morgan fingerprint density at radius 3 is 2.91 bits per heavy atom. The van der Waals surface area contributed by atoms with E-state index in [1.54, 1.807) is 7.11 Å². The number of amides is 1. The van der Waals surface area contributed by atoms with Gasteiger partial charge < -0.3 is 15.2 Å². The SMILES string of the molecule is COc1cccc2c1CC(NC(=O)Cn1ccc(C(=O)O)n1)C2. The van der Waals surface area contributed by atoms with Crippen LogP contribution in [0.3, 0.4) is 0 Å². The minimum atomic E-state index is -1.11. The lowest BCUT2D eigenvalue weighted by Crippen LogP contribution is -2.37. The Morgan fingerprint density at radius 2 is 2.22 bits per heavy atom. The van der Waals surface area contributed by atoms with Crippen molar-refractivity contribution in [3.63, 3.8) is 0 Å². The number of methoxy groups -OCH3 is 1. The quantitative estimate of drug-likeness (QED) is 0.854. The molecule has 1 aromatic carbocycles. The van der Waals surface area contributed by atoms with Crippen molar-refractivity contribution in [2.75, 3.05) is 7.11 Å². The molecule has 7 nitrogen and oxygen atoms in total. The summed E-state index contributed by atoms with van der Waals surface area (Å²) >= 11 is 0. The van der Waals surface area contributed by atoms with E-state index >= 15 is 0 Å². The fraction of sp³-hybridized carbons (Fsp3) is 0.312. The molecule has 7 heteroatoms. The van der Waals surface area contributed by atoms with Gasteiger partial charge in [0.05, 0.1) is 7.11 Å². The second-order valence-electron chi connectivity index (χ2n) is 5.47. The van der Waals surface area contributed by atoms with E-state index in [-0.39, 0.29) is 24.2 Å². The molecule has 1 aromatic heterocycles. The Labute approximate surface area is 132 Å². The van der Waals surface area contributed by atoms with Crippen LogP contribution in [-0.4, -0.2) is 39.9 Å². The van der Waals surface area contributed by atoms with Crippen molar-refractivity contribution in [2.24, 2.45) is 0 Å². The number of nitrogens with zero attached hydrogens (tertiary/aromatic N) is 2. The summed E-state index contributed by atoms with van der Waals surface area (Å²) in [5.74, 6) is -0.457. The third kappa shape index (κ3) is 3.18. The molecule has 0 saturated heterocycles. The van der Waals surface area contributed by atoms with Gasteiger partial charge in [-0.05, 0) is 36.1 Å². The summed E-state index contributed by atoms with van der Waals surface area (Å²) in [6.45, 7) is -0.00272. The molecule has 0 bridgehead atoms. The first-order valence-corrected chi connectivity index (χ1v) is 7.27. The van der Waals surface area contributed by atoms with Gasteiger partial charge in [0.2, 0.25) is 5.91 Å². The zero-order valence-corrected chi connectivity index (χ0v) is 12.7. The molecule has 0 fully saturated rings. The third-order valence-corrected chi connectivity index (χ3v) is 3.90. The topological polar surface area (TPSA) is 93.5 Å². The maximum absolute atomic E-state index is 12.1. The minimum Gasteiger partial charge on any atom is -0.496 e. The number of ether oxygens (including phenoxy) is 1. The number of carboxylic acid groups (broad SMARTS) is 1. The van der Waals surface area contributed by atoms with Crippen LogP contribution in [0.1, 0.15) is 21.6 Å². The number of carboxylic acids is 1. The zero-order chi connectivity index (χ0) is 16.4. The van der Waals surface area contributed by atoms with Crippen molar-refractivity contribution < 1.29 is 19.4 Å². The average Bonchev–Trinajstić information content (AvgIpc) is 3.12. The van der Waals surface area contributed by atoms with Crippen molar-refractivity contribution in [2.45, 2.75) is 25.4 Å². The standard InChI is InChI=1S/C16H17N3O4/c1-23-14-4-2-3-10-7-11(8-12(10)14)17-15(20)9-19-6-5-13(18-19)16(21)22/h2-6,11H,7-9H2,1H3,(H,17,20)(H,21,22). The number of carbonyl (C=O) groups excluding carboxylic acids is 1. The number of hydrogen-bond acceptors (Lipinski definition) is 4. The molecule has 0 saturated carbocycles. The lowest BCUT2D eigenvalue weighted by atomic mass is 10.1. The van der Waals surface area contributed by atoms with Crippen molar-refractivity contribution in [1.82, 2.24) is 15.1 Å². The summed E-state index contributed by atoms with van der Waals surface area (Å²) in [4.78, 5) is 22.9. The van der Waals surface area contributed by atoms with Gasteiger partial charge in [-0.3, -0.25) is 9.48 Å². The van der Waals surface area contributed by atoms with Gasteiger partial charge >= 0.3 is 5.97 Å². The van der Waals surface area contributed by atoms with Gasteiger partial charge in [0.25, 0.3) is 0 Å². The van der Waals surface area contributed by atoms with Gasteiger partial charge in [-0.1, -0.05) is 12.1 Å². The highest BCUT2D eigenvalue weighted by Gasteiger charge is 2.25. The van der Waals surface area contributed by atoms with E-state index < -0.39 is 5.97 Å². The molecule has 1 aliphatic rings. The van der Waals surface area contributed by atoms with E-state index in [2.05, 4.69) is 10.4 Å². The molecule has 23 heavy (non-hydrogen) atoms. The van der Waals surface area contributed by atoms with E-state index in [1.807, 2.05) is 18.2 Å². The van der Waals surface area contributed by atoms with Gasteiger partial charge in [-0.25, -0.2) is 4.79 Å². The molecule has 0 spiro atoms. The molecule has 2 N–H and O–H groups in total. The number of aromatic carboxylic acids is 1. The van der Waals surface area contributed by atoms with Crippen LogP contribution in [-0.2, 0) is 24.2 Å². The number of aromatic nitrogens is 2. The number of benzene rings is 1.